The van der Waals surface area contributed by atoms with Gasteiger partial charge in [0.25, 0.3) is 0 Å². The molecule has 0 aliphatic heterocycles. The van der Waals surface area contributed by atoms with E-state index in [0.29, 0.717) is 6.54 Å². The van der Waals surface area contributed by atoms with Crippen molar-refractivity contribution in [3.8, 4) is 11.8 Å². The highest BCUT2D eigenvalue weighted by Crippen LogP contribution is 2.06. The molecule has 102 valence electrons. The molecule has 1 rings (SSSR count). The maximum atomic E-state index is 11.7. The van der Waals surface area contributed by atoms with E-state index < -0.39 is 0 Å². The molecule has 0 spiro atoms. The van der Waals surface area contributed by atoms with Gasteiger partial charge in [0, 0.05) is 25.2 Å². The first kappa shape index (κ1) is 15.1. The number of hydrogen-bond acceptors (Lipinski definition) is 2. The average Bonchev–Trinajstić information content (AvgIpc) is 2.37. The van der Waals surface area contributed by atoms with Crippen molar-refractivity contribution in [2.24, 2.45) is 0 Å². The maximum Gasteiger partial charge on any atom is 0.317 e. The highest BCUT2D eigenvalue weighted by atomic mass is 16.2. The first-order valence-corrected chi connectivity index (χ1v) is 6.23. The number of carbonyl (C=O) groups is 1. The Labute approximate surface area is 114 Å². The van der Waals surface area contributed by atoms with E-state index in [1.54, 1.807) is 11.9 Å². The fourth-order valence-corrected chi connectivity index (χ4v) is 1.54. The Kier molecular flexibility index (Phi) is 5.91. The first-order chi connectivity index (χ1) is 9.02. The van der Waals surface area contributed by atoms with Gasteiger partial charge in [-0.2, -0.15) is 0 Å². The van der Waals surface area contributed by atoms with Crippen molar-refractivity contribution in [2.45, 2.75) is 26.4 Å². The minimum Gasteiger partial charge on any atom is -0.384 e. The molecule has 4 heteroatoms. The topological polar surface area (TPSA) is 52.6 Å². The van der Waals surface area contributed by atoms with Crippen LogP contribution in [0.5, 0.6) is 0 Å². The molecule has 0 aliphatic carbocycles. The summed E-state index contributed by atoms with van der Waals surface area (Å²) in [5.41, 5.74) is 1.89. The van der Waals surface area contributed by atoms with E-state index in [1.807, 2.05) is 38.1 Å². The number of rotatable bonds is 3. The van der Waals surface area contributed by atoms with Gasteiger partial charge in [0.1, 0.15) is 6.61 Å². The molecule has 0 saturated heterocycles. The van der Waals surface area contributed by atoms with Crippen LogP contribution in [0.1, 0.15) is 25.0 Å². The van der Waals surface area contributed by atoms with Gasteiger partial charge in [-0.15, -0.1) is 0 Å². The molecule has 0 radical (unpaired) electrons. The lowest BCUT2D eigenvalue weighted by Crippen LogP contribution is -2.40. The Morgan fingerprint density at radius 3 is 2.53 bits per heavy atom. The number of aliphatic hydroxyl groups excluding tert-OH is 1. The molecule has 0 fully saturated rings. The molecule has 19 heavy (non-hydrogen) atoms. The SMILES string of the molecule is CC(C)NC(=O)N(C)Cc1ccc(C#CCO)cc1. The van der Waals surface area contributed by atoms with Crippen LogP contribution >= 0.6 is 0 Å². The predicted molar refractivity (Wildman–Crippen MR) is 75.5 cm³/mol. The summed E-state index contributed by atoms with van der Waals surface area (Å²) in [6, 6.07) is 7.67. The van der Waals surface area contributed by atoms with Crippen LogP contribution in [0.15, 0.2) is 24.3 Å². The highest BCUT2D eigenvalue weighted by molar-refractivity contribution is 5.74. The van der Waals surface area contributed by atoms with E-state index in [-0.39, 0.29) is 18.7 Å². The normalized spacial score (nSPS) is 9.74. The van der Waals surface area contributed by atoms with Gasteiger partial charge in [0.15, 0.2) is 0 Å². The molecular weight excluding hydrogens is 240 g/mol. The number of nitrogens with zero attached hydrogens (tertiary/aromatic N) is 1. The molecule has 2 N–H and O–H groups in total. The maximum absolute atomic E-state index is 11.7. The third-order valence-electron chi connectivity index (χ3n) is 2.44. The summed E-state index contributed by atoms with van der Waals surface area (Å²) >= 11 is 0. The second kappa shape index (κ2) is 7.45. The Morgan fingerprint density at radius 2 is 2.00 bits per heavy atom. The van der Waals surface area contributed by atoms with Crippen LogP contribution in [0.2, 0.25) is 0 Å². The minimum absolute atomic E-state index is 0.0841. The van der Waals surface area contributed by atoms with Crippen molar-refractivity contribution in [3.05, 3.63) is 35.4 Å². The number of urea groups is 1. The van der Waals surface area contributed by atoms with Crippen LogP contribution in [0, 0.1) is 11.8 Å². The highest BCUT2D eigenvalue weighted by Gasteiger charge is 2.09. The molecule has 0 unspecified atom stereocenters. The quantitative estimate of drug-likeness (QED) is 0.811. The fourth-order valence-electron chi connectivity index (χ4n) is 1.54. The molecule has 2 amide bonds. The smallest absolute Gasteiger partial charge is 0.317 e. The van der Waals surface area contributed by atoms with Crippen LogP contribution < -0.4 is 5.32 Å². The van der Waals surface area contributed by atoms with E-state index in [9.17, 15) is 4.79 Å². The van der Waals surface area contributed by atoms with Crippen molar-refractivity contribution < 1.29 is 9.90 Å². The van der Waals surface area contributed by atoms with Gasteiger partial charge in [0.05, 0.1) is 0 Å². The Morgan fingerprint density at radius 1 is 1.37 bits per heavy atom. The largest absolute Gasteiger partial charge is 0.384 e. The van der Waals surface area contributed by atoms with Crippen LogP contribution in [0.3, 0.4) is 0 Å². The lowest BCUT2D eigenvalue weighted by Gasteiger charge is -2.19. The third-order valence-corrected chi connectivity index (χ3v) is 2.44. The van der Waals surface area contributed by atoms with Crippen molar-refractivity contribution in [3.63, 3.8) is 0 Å². The lowest BCUT2D eigenvalue weighted by atomic mass is 10.1. The van der Waals surface area contributed by atoms with E-state index >= 15 is 0 Å². The van der Waals surface area contributed by atoms with Crippen LogP contribution in [0.4, 0.5) is 4.79 Å². The molecule has 1 aromatic carbocycles. The monoisotopic (exact) mass is 260 g/mol. The summed E-state index contributed by atoms with van der Waals surface area (Å²) in [6.45, 7) is 4.27. The van der Waals surface area contributed by atoms with Gasteiger partial charge >= 0.3 is 6.03 Å². The third kappa shape index (κ3) is 5.45. The van der Waals surface area contributed by atoms with E-state index in [0.717, 1.165) is 11.1 Å². The van der Waals surface area contributed by atoms with E-state index in [1.165, 1.54) is 0 Å². The molecule has 1 aromatic rings. The van der Waals surface area contributed by atoms with Gasteiger partial charge in [-0.25, -0.2) is 4.79 Å². The minimum atomic E-state index is -0.139. The van der Waals surface area contributed by atoms with Crippen molar-refractivity contribution in [2.75, 3.05) is 13.7 Å². The van der Waals surface area contributed by atoms with Crippen LogP contribution in [-0.4, -0.2) is 35.7 Å². The van der Waals surface area contributed by atoms with Gasteiger partial charge in [0.2, 0.25) is 0 Å². The fraction of sp³-hybridized carbons (Fsp3) is 0.400. The van der Waals surface area contributed by atoms with Gasteiger partial charge in [-0.3, -0.25) is 0 Å². The van der Waals surface area contributed by atoms with Crippen molar-refractivity contribution >= 4 is 6.03 Å². The molecule has 0 bridgehead atoms. The number of nitrogens with one attached hydrogen (secondary N) is 1. The van der Waals surface area contributed by atoms with E-state index in [2.05, 4.69) is 17.2 Å². The molecule has 0 atom stereocenters. The second-order valence-corrected chi connectivity index (χ2v) is 4.62. The number of benzene rings is 1. The van der Waals surface area contributed by atoms with Gasteiger partial charge in [-0.05, 0) is 31.5 Å². The van der Waals surface area contributed by atoms with Gasteiger partial charge < -0.3 is 15.3 Å². The van der Waals surface area contributed by atoms with Crippen molar-refractivity contribution in [1.29, 1.82) is 0 Å². The summed E-state index contributed by atoms with van der Waals surface area (Å²) < 4.78 is 0. The lowest BCUT2D eigenvalue weighted by molar-refractivity contribution is 0.204. The Bertz CT molecular complexity index is 469. The zero-order chi connectivity index (χ0) is 14.3. The Balaban J connectivity index is 2.60. The number of carbonyl (C=O) groups excluding carboxylic acids is 1. The standard InChI is InChI=1S/C15H20N2O2/c1-12(2)16-15(19)17(3)11-14-8-6-13(7-9-14)5-4-10-18/h6-9,12,18H,10-11H2,1-3H3,(H,16,19). The second-order valence-electron chi connectivity index (χ2n) is 4.62. The number of amides is 2. The molecule has 4 nitrogen and oxygen atoms in total. The molecule has 0 aliphatic rings. The summed E-state index contributed by atoms with van der Waals surface area (Å²) in [6.07, 6.45) is 0. The summed E-state index contributed by atoms with van der Waals surface area (Å²) in [7, 11) is 1.76. The molecule has 0 saturated carbocycles. The van der Waals surface area contributed by atoms with Crippen molar-refractivity contribution in [1.82, 2.24) is 10.2 Å². The first-order valence-electron chi connectivity index (χ1n) is 6.23. The molecule has 0 heterocycles. The predicted octanol–water partition coefficient (Wildman–Crippen LogP) is 1.58. The van der Waals surface area contributed by atoms with E-state index in [4.69, 9.17) is 5.11 Å². The number of hydrogen-bond donors (Lipinski definition) is 2. The van der Waals surface area contributed by atoms with Gasteiger partial charge in [-0.1, -0.05) is 24.0 Å². The average molecular weight is 260 g/mol. The summed E-state index contributed by atoms with van der Waals surface area (Å²) in [5.74, 6) is 5.43. The molecule has 0 aromatic heterocycles. The Hall–Kier alpha value is -1.99. The van der Waals surface area contributed by atoms with Crippen LogP contribution in [-0.2, 0) is 6.54 Å². The number of aliphatic hydroxyl groups is 1. The zero-order valence-corrected chi connectivity index (χ0v) is 11.6. The molecular formula is C15H20N2O2. The summed E-state index contributed by atoms with van der Waals surface area (Å²) in [5, 5.41) is 11.4. The summed E-state index contributed by atoms with van der Waals surface area (Å²) in [4.78, 5) is 13.4. The zero-order valence-electron chi connectivity index (χ0n) is 11.6. The van der Waals surface area contributed by atoms with Crippen LogP contribution in [0.25, 0.3) is 0 Å².